The monoisotopic (exact) mass is 277 g/mol. The van der Waals surface area contributed by atoms with Crippen molar-refractivity contribution in [3.05, 3.63) is 36.0 Å². The Hall–Kier alpha value is -2.90. The highest BCUT2D eigenvalue weighted by molar-refractivity contribution is 6.00. The van der Waals surface area contributed by atoms with Crippen LogP contribution in [0.15, 0.2) is 35.0 Å². The van der Waals surface area contributed by atoms with Gasteiger partial charge in [-0.25, -0.2) is 4.79 Å². The molecule has 2 aromatic rings. The molecular weight excluding hydrogens is 266 g/mol. The topological polar surface area (TPSA) is 108 Å². The summed E-state index contributed by atoms with van der Waals surface area (Å²) in [5.41, 5.74) is 0.550. The van der Waals surface area contributed by atoms with Crippen molar-refractivity contribution in [1.82, 2.24) is 5.27 Å². The van der Waals surface area contributed by atoms with Gasteiger partial charge in [-0.3, -0.25) is 4.79 Å². The third kappa shape index (κ3) is 3.10. The molecule has 1 heterocycles. The number of carbonyl (C=O) groups is 2. The zero-order chi connectivity index (χ0) is 14.5. The largest absolute Gasteiger partial charge is 0.539 e. The Bertz CT molecular complexity index is 638. The molecule has 0 saturated heterocycles. The minimum absolute atomic E-state index is 0.207. The van der Waals surface area contributed by atoms with Crippen LogP contribution in [-0.4, -0.2) is 24.3 Å². The minimum atomic E-state index is -0.646. The molecule has 0 bridgehead atoms. The van der Waals surface area contributed by atoms with Crippen LogP contribution in [0.2, 0.25) is 0 Å². The van der Waals surface area contributed by atoms with Gasteiger partial charge in [-0.2, -0.15) is 0 Å². The van der Waals surface area contributed by atoms with Crippen molar-refractivity contribution in [2.75, 3.05) is 12.4 Å². The van der Waals surface area contributed by atoms with Crippen molar-refractivity contribution in [3.8, 4) is 5.95 Å². The molecular formula is C12H11N3O5. The molecule has 8 nitrogen and oxygen atoms in total. The summed E-state index contributed by atoms with van der Waals surface area (Å²) in [4.78, 5) is 23.3. The lowest BCUT2D eigenvalue weighted by Gasteiger charge is -2.07. The molecule has 20 heavy (non-hydrogen) atoms. The SMILES string of the molecule is COC(=O)c1ccccc1NC(=O)C[n+]1cc([O-])on1. The summed E-state index contributed by atoms with van der Waals surface area (Å²) < 4.78 is 9.97. The maximum absolute atomic E-state index is 11.8. The Morgan fingerprint density at radius 3 is 2.85 bits per heavy atom. The first-order chi connectivity index (χ1) is 9.60. The van der Waals surface area contributed by atoms with Crippen LogP contribution in [0.5, 0.6) is 5.95 Å². The van der Waals surface area contributed by atoms with Gasteiger partial charge in [0.2, 0.25) is 6.20 Å². The number of benzene rings is 1. The highest BCUT2D eigenvalue weighted by Gasteiger charge is 2.16. The second-order valence-corrected chi connectivity index (χ2v) is 3.80. The lowest BCUT2D eigenvalue weighted by Crippen LogP contribution is -2.41. The van der Waals surface area contributed by atoms with E-state index >= 15 is 0 Å². The van der Waals surface area contributed by atoms with E-state index < -0.39 is 17.8 Å². The lowest BCUT2D eigenvalue weighted by atomic mass is 10.2. The van der Waals surface area contributed by atoms with E-state index in [0.717, 1.165) is 10.9 Å². The fourth-order valence-electron chi connectivity index (χ4n) is 1.55. The number of methoxy groups -OCH3 is 1. The van der Waals surface area contributed by atoms with Gasteiger partial charge in [-0.1, -0.05) is 16.8 Å². The Labute approximate surface area is 113 Å². The van der Waals surface area contributed by atoms with Crippen LogP contribution in [0, 0.1) is 0 Å². The van der Waals surface area contributed by atoms with E-state index in [0.29, 0.717) is 5.69 Å². The highest BCUT2D eigenvalue weighted by Crippen LogP contribution is 2.15. The molecule has 1 aromatic carbocycles. The number of hydrogen-bond donors (Lipinski definition) is 1. The quantitative estimate of drug-likeness (QED) is 0.594. The zero-order valence-corrected chi connectivity index (χ0v) is 10.5. The lowest BCUT2D eigenvalue weighted by molar-refractivity contribution is -0.750. The summed E-state index contributed by atoms with van der Waals surface area (Å²) in [5, 5.41) is 16.7. The van der Waals surface area contributed by atoms with Crippen LogP contribution in [-0.2, 0) is 16.1 Å². The van der Waals surface area contributed by atoms with E-state index in [-0.39, 0.29) is 12.1 Å². The average molecular weight is 277 g/mol. The van der Waals surface area contributed by atoms with Crippen LogP contribution in [0.25, 0.3) is 0 Å². The summed E-state index contributed by atoms with van der Waals surface area (Å²) in [6.07, 6.45) is 1.05. The molecule has 1 N–H and O–H groups in total. The van der Waals surface area contributed by atoms with Crippen LogP contribution in [0.3, 0.4) is 0 Å². The molecule has 1 aromatic heterocycles. The molecule has 0 fully saturated rings. The van der Waals surface area contributed by atoms with E-state index in [1.165, 1.54) is 13.2 Å². The number of para-hydroxylation sites is 1. The second-order valence-electron chi connectivity index (χ2n) is 3.80. The Morgan fingerprint density at radius 1 is 1.45 bits per heavy atom. The van der Waals surface area contributed by atoms with Gasteiger partial charge in [0.05, 0.1) is 23.6 Å². The van der Waals surface area contributed by atoms with E-state index in [2.05, 4.69) is 19.8 Å². The van der Waals surface area contributed by atoms with E-state index in [1.807, 2.05) is 0 Å². The fourth-order valence-corrected chi connectivity index (χ4v) is 1.55. The van der Waals surface area contributed by atoms with Crippen LogP contribution >= 0.6 is 0 Å². The second kappa shape index (κ2) is 5.83. The zero-order valence-electron chi connectivity index (χ0n) is 10.5. The smallest absolute Gasteiger partial charge is 0.339 e. The number of ether oxygens (including phenoxy) is 1. The molecule has 2 rings (SSSR count). The number of aromatic nitrogens is 2. The molecule has 1 amide bonds. The van der Waals surface area contributed by atoms with Gasteiger partial charge in [-0.05, 0) is 12.1 Å². The number of nitrogens with zero attached hydrogens (tertiary/aromatic N) is 2. The Morgan fingerprint density at radius 2 is 2.20 bits per heavy atom. The number of rotatable bonds is 4. The first-order valence-corrected chi connectivity index (χ1v) is 5.61. The average Bonchev–Trinajstić information content (AvgIpc) is 2.83. The van der Waals surface area contributed by atoms with Crippen molar-refractivity contribution in [2.24, 2.45) is 0 Å². The van der Waals surface area contributed by atoms with Gasteiger partial charge in [-0.15, -0.1) is 0 Å². The predicted octanol–water partition coefficient (Wildman–Crippen LogP) is -0.539. The highest BCUT2D eigenvalue weighted by atomic mass is 16.6. The fraction of sp³-hybridized carbons (Fsp3) is 0.167. The molecule has 8 heteroatoms. The molecule has 0 radical (unpaired) electrons. The standard InChI is InChI=1S/C12H11N3O5/c1-19-12(18)8-4-2-3-5-9(8)13-10(16)6-15-7-11(17)20-14-15/h2-5,7H,6H2,1H3,(H-,13,14,16,17,18). The van der Waals surface area contributed by atoms with Crippen molar-refractivity contribution in [1.29, 1.82) is 0 Å². The van der Waals surface area contributed by atoms with Gasteiger partial charge in [0, 0.05) is 0 Å². The Balaban J connectivity index is 2.10. The van der Waals surface area contributed by atoms with Crippen molar-refractivity contribution < 1.29 is 28.6 Å². The summed E-state index contributed by atoms with van der Waals surface area (Å²) in [6, 6.07) is 6.41. The third-order valence-electron chi connectivity index (χ3n) is 2.40. The van der Waals surface area contributed by atoms with Gasteiger partial charge in [0.1, 0.15) is 5.95 Å². The molecule has 0 aliphatic heterocycles. The van der Waals surface area contributed by atoms with Gasteiger partial charge in [0.15, 0.2) is 0 Å². The molecule has 104 valence electrons. The minimum Gasteiger partial charge on any atom is -0.539 e. The molecule has 0 unspecified atom stereocenters. The van der Waals surface area contributed by atoms with E-state index in [4.69, 9.17) is 0 Å². The van der Waals surface area contributed by atoms with Gasteiger partial charge >= 0.3 is 5.97 Å². The number of amides is 1. The molecule has 0 saturated carbocycles. The predicted molar refractivity (Wildman–Crippen MR) is 62.6 cm³/mol. The number of esters is 1. The molecule has 0 atom stereocenters. The maximum Gasteiger partial charge on any atom is 0.339 e. The van der Waals surface area contributed by atoms with Crippen molar-refractivity contribution >= 4 is 17.6 Å². The molecule has 0 spiro atoms. The van der Waals surface area contributed by atoms with Gasteiger partial charge in [0.25, 0.3) is 12.5 Å². The Kier molecular flexibility index (Phi) is 3.94. The number of hydrogen-bond acceptors (Lipinski definition) is 6. The van der Waals surface area contributed by atoms with Crippen LogP contribution < -0.4 is 15.1 Å². The van der Waals surface area contributed by atoms with E-state index in [1.54, 1.807) is 18.2 Å². The number of carbonyl (C=O) groups excluding carboxylic acids is 2. The first-order valence-electron chi connectivity index (χ1n) is 5.61. The number of nitrogens with one attached hydrogen (secondary N) is 1. The van der Waals surface area contributed by atoms with Gasteiger partial charge < -0.3 is 19.7 Å². The number of anilines is 1. The summed E-state index contributed by atoms with van der Waals surface area (Å²) in [7, 11) is 1.25. The van der Waals surface area contributed by atoms with Crippen LogP contribution in [0.1, 0.15) is 10.4 Å². The first kappa shape index (κ1) is 13.5. The van der Waals surface area contributed by atoms with Crippen LogP contribution in [0.4, 0.5) is 5.69 Å². The third-order valence-corrected chi connectivity index (χ3v) is 2.40. The van der Waals surface area contributed by atoms with Crippen molar-refractivity contribution in [2.45, 2.75) is 6.54 Å². The van der Waals surface area contributed by atoms with E-state index in [9.17, 15) is 14.7 Å². The molecule has 0 aliphatic rings. The van der Waals surface area contributed by atoms with Crippen molar-refractivity contribution in [3.63, 3.8) is 0 Å². The summed E-state index contributed by atoms with van der Waals surface area (Å²) in [6.45, 7) is -0.207. The summed E-state index contributed by atoms with van der Waals surface area (Å²) >= 11 is 0. The summed E-state index contributed by atoms with van der Waals surface area (Å²) in [5.74, 6) is -1.66. The normalized spacial score (nSPS) is 10.1. The maximum atomic E-state index is 11.8. The molecule has 0 aliphatic carbocycles.